The van der Waals surface area contributed by atoms with Crippen LogP contribution in [0.5, 0.6) is 5.75 Å². The Kier molecular flexibility index (Phi) is 7.77. The zero-order valence-corrected chi connectivity index (χ0v) is 21.8. The number of nitrogens with zero attached hydrogens (tertiary/aromatic N) is 1. The predicted octanol–water partition coefficient (Wildman–Crippen LogP) is 3.84. The van der Waals surface area contributed by atoms with Gasteiger partial charge in [0.05, 0.1) is 18.6 Å². The van der Waals surface area contributed by atoms with E-state index in [1.165, 1.54) is 0 Å². The SMILES string of the molecule is O=C(NCCO)C1=CC(N(Cc2ccc(Cl)cc2Cl)C(=O)C2CCCC2)C(O)C2Oc3ccccc3C12. The van der Waals surface area contributed by atoms with Crippen LogP contribution < -0.4 is 10.1 Å². The molecule has 7 nitrogen and oxygen atoms in total. The molecule has 0 radical (unpaired) electrons. The maximum Gasteiger partial charge on any atom is 0.247 e. The fourth-order valence-electron chi connectivity index (χ4n) is 5.76. The summed E-state index contributed by atoms with van der Waals surface area (Å²) in [6.07, 6.45) is 3.40. The van der Waals surface area contributed by atoms with Gasteiger partial charge in [0.2, 0.25) is 11.8 Å². The average Bonchev–Trinajstić information content (AvgIpc) is 3.56. The van der Waals surface area contributed by atoms with E-state index in [-0.39, 0.29) is 37.4 Å². The lowest BCUT2D eigenvalue weighted by molar-refractivity contribution is -0.142. The van der Waals surface area contributed by atoms with E-state index >= 15 is 0 Å². The molecule has 37 heavy (non-hydrogen) atoms. The highest BCUT2D eigenvalue weighted by molar-refractivity contribution is 6.35. The van der Waals surface area contributed by atoms with Gasteiger partial charge in [0.15, 0.2) is 0 Å². The molecule has 0 aromatic heterocycles. The van der Waals surface area contributed by atoms with Crippen LogP contribution in [0.2, 0.25) is 10.0 Å². The largest absolute Gasteiger partial charge is 0.486 e. The fraction of sp³-hybridized carbons (Fsp3) is 0.429. The van der Waals surface area contributed by atoms with Crippen molar-refractivity contribution in [2.45, 2.75) is 56.4 Å². The maximum absolute atomic E-state index is 13.9. The topological polar surface area (TPSA) is 99.1 Å². The summed E-state index contributed by atoms with van der Waals surface area (Å²) in [6, 6.07) is 11.7. The number of carbonyl (C=O) groups is 2. The third kappa shape index (κ3) is 5.10. The van der Waals surface area contributed by atoms with E-state index < -0.39 is 24.2 Å². The zero-order valence-electron chi connectivity index (χ0n) is 20.3. The Labute approximate surface area is 226 Å². The molecule has 9 heteroatoms. The first-order valence-electron chi connectivity index (χ1n) is 12.7. The molecular formula is C28H30Cl2N2O5. The van der Waals surface area contributed by atoms with Gasteiger partial charge in [-0.15, -0.1) is 0 Å². The van der Waals surface area contributed by atoms with Gasteiger partial charge in [-0.25, -0.2) is 0 Å². The molecule has 1 aliphatic heterocycles. The molecule has 196 valence electrons. The predicted molar refractivity (Wildman–Crippen MR) is 141 cm³/mol. The summed E-state index contributed by atoms with van der Waals surface area (Å²) in [4.78, 5) is 28.8. The van der Waals surface area contributed by atoms with Crippen molar-refractivity contribution >= 4 is 35.0 Å². The Morgan fingerprint density at radius 3 is 2.59 bits per heavy atom. The van der Waals surface area contributed by atoms with E-state index in [2.05, 4.69) is 5.32 Å². The van der Waals surface area contributed by atoms with Crippen molar-refractivity contribution in [3.63, 3.8) is 0 Å². The van der Waals surface area contributed by atoms with Crippen LogP contribution in [-0.4, -0.2) is 58.3 Å². The van der Waals surface area contributed by atoms with E-state index in [1.54, 1.807) is 29.2 Å². The molecule has 4 unspecified atom stereocenters. The number of aliphatic hydroxyl groups excluding tert-OH is 2. The smallest absolute Gasteiger partial charge is 0.247 e. The van der Waals surface area contributed by atoms with Crippen molar-refractivity contribution in [2.24, 2.45) is 5.92 Å². The van der Waals surface area contributed by atoms with Gasteiger partial charge >= 0.3 is 0 Å². The summed E-state index contributed by atoms with van der Waals surface area (Å²) < 4.78 is 6.18. The minimum atomic E-state index is -1.08. The minimum Gasteiger partial charge on any atom is -0.486 e. The van der Waals surface area contributed by atoms with Gasteiger partial charge in [0.25, 0.3) is 0 Å². The van der Waals surface area contributed by atoms with Gasteiger partial charge < -0.3 is 25.2 Å². The molecule has 2 aromatic carbocycles. The van der Waals surface area contributed by atoms with Crippen LogP contribution in [0.4, 0.5) is 0 Å². The van der Waals surface area contributed by atoms with Gasteiger partial charge in [-0.2, -0.15) is 0 Å². The Bertz CT molecular complexity index is 1210. The molecule has 2 amide bonds. The van der Waals surface area contributed by atoms with E-state index in [9.17, 15) is 19.8 Å². The lowest BCUT2D eigenvalue weighted by atomic mass is 9.77. The zero-order chi connectivity index (χ0) is 26.1. The van der Waals surface area contributed by atoms with Crippen LogP contribution in [0.25, 0.3) is 0 Å². The number of carbonyl (C=O) groups excluding carboxylic acids is 2. The van der Waals surface area contributed by atoms with Gasteiger partial charge in [-0.05, 0) is 42.7 Å². The normalized spacial score (nSPS) is 24.6. The van der Waals surface area contributed by atoms with Gasteiger partial charge in [-0.3, -0.25) is 9.59 Å². The highest BCUT2D eigenvalue weighted by Gasteiger charge is 2.51. The number of aliphatic hydroxyl groups is 2. The van der Waals surface area contributed by atoms with Crippen LogP contribution in [0.15, 0.2) is 54.1 Å². The molecule has 2 aromatic rings. The van der Waals surface area contributed by atoms with Crippen LogP contribution >= 0.6 is 23.2 Å². The standard InChI is InChI=1S/C28H30Cl2N2O5/c29-18-10-9-17(21(30)13-18)15-32(28(36)16-5-1-2-6-16)22-14-20(27(35)31-11-12-33)24-19-7-3-4-8-23(19)37-26(24)25(22)34/h3-4,7-10,13-14,16,22,24-26,33-34H,1-2,5-6,11-12,15H2,(H,31,35). The molecule has 1 saturated carbocycles. The van der Waals surface area contributed by atoms with Crippen molar-refractivity contribution in [3.8, 4) is 5.75 Å². The Morgan fingerprint density at radius 1 is 1.11 bits per heavy atom. The number of ether oxygens (including phenoxy) is 1. The summed E-state index contributed by atoms with van der Waals surface area (Å²) in [5, 5.41) is 24.6. The highest BCUT2D eigenvalue weighted by Crippen LogP contribution is 2.47. The molecule has 0 spiro atoms. The first-order chi connectivity index (χ1) is 17.9. The van der Waals surface area contributed by atoms with Gasteiger partial charge in [0.1, 0.15) is 18.0 Å². The maximum atomic E-state index is 13.9. The third-order valence-corrected chi connectivity index (χ3v) is 8.17. The number of amides is 2. The van der Waals surface area contributed by atoms with Crippen molar-refractivity contribution in [1.82, 2.24) is 10.2 Å². The van der Waals surface area contributed by atoms with Crippen LogP contribution in [0.3, 0.4) is 0 Å². The summed E-state index contributed by atoms with van der Waals surface area (Å²) in [5.41, 5.74) is 1.91. The molecule has 3 aliphatic rings. The van der Waals surface area contributed by atoms with Gasteiger partial charge in [0, 0.05) is 40.2 Å². The number of benzene rings is 2. The number of halogens is 2. The number of hydrogen-bond acceptors (Lipinski definition) is 5. The fourth-order valence-corrected chi connectivity index (χ4v) is 6.23. The van der Waals surface area contributed by atoms with Crippen LogP contribution in [0, 0.1) is 5.92 Å². The van der Waals surface area contributed by atoms with E-state index in [4.69, 9.17) is 27.9 Å². The first-order valence-corrected chi connectivity index (χ1v) is 13.4. The lowest BCUT2D eigenvalue weighted by Crippen LogP contribution is -2.56. The number of fused-ring (bicyclic) bond motifs is 3. The number of nitrogens with one attached hydrogen (secondary N) is 1. The molecule has 4 atom stereocenters. The second-order valence-corrected chi connectivity index (χ2v) is 10.7. The molecule has 1 heterocycles. The molecule has 0 saturated heterocycles. The van der Waals surface area contributed by atoms with Gasteiger partial charge in [-0.1, -0.05) is 60.3 Å². The number of rotatable bonds is 7. The van der Waals surface area contributed by atoms with E-state index in [0.717, 1.165) is 31.2 Å². The lowest BCUT2D eigenvalue weighted by Gasteiger charge is -2.41. The first kappa shape index (κ1) is 26.0. The third-order valence-electron chi connectivity index (χ3n) is 7.58. The van der Waals surface area contributed by atoms with Crippen molar-refractivity contribution in [3.05, 3.63) is 75.3 Å². The molecule has 1 fully saturated rings. The Morgan fingerprint density at radius 2 is 1.86 bits per heavy atom. The monoisotopic (exact) mass is 544 g/mol. The highest BCUT2D eigenvalue weighted by atomic mass is 35.5. The summed E-state index contributed by atoms with van der Waals surface area (Å²) in [5.74, 6) is -0.485. The van der Waals surface area contributed by atoms with Crippen LogP contribution in [0.1, 0.15) is 42.7 Å². The Hall–Kier alpha value is -2.58. The van der Waals surface area contributed by atoms with E-state index in [1.807, 2.05) is 24.3 Å². The molecule has 0 bridgehead atoms. The van der Waals surface area contributed by atoms with Crippen LogP contribution in [-0.2, 0) is 16.1 Å². The molecule has 2 aliphatic carbocycles. The second kappa shape index (κ2) is 11.0. The summed E-state index contributed by atoms with van der Waals surface area (Å²) in [7, 11) is 0. The Balaban J connectivity index is 1.57. The number of hydrogen-bond donors (Lipinski definition) is 3. The molecule has 5 rings (SSSR count). The number of para-hydroxylation sites is 1. The van der Waals surface area contributed by atoms with Crippen molar-refractivity contribution in [1.29, 1.82) is 0 Å². The molecule has 3 N–H and O–H groups in total. The minimum absolute atomic E-state index is 0.0760. The second-order valence-electron chi connectivity index (χ2n) is 9.86. The summed E-state index contributed by atoms with van der Waals surface area (Å²) in [6.45, 7) is 0.0431. The van der Waals surface area contributed by atoms with E-state index in [0.29, 0.717) is 26.9 Å². The quantitative estimate of drug-likeness (QED) is 0.491. The van der Waals surface area contributed by atoms with Crippen molar-refractivity contribution < 1.29 is 24.5 Å². The molecular weight excluding hydrogens is 515 g/mol. The summed E-state index contributed by atoms with van der Waals surface area (Å²) >= 11 is 12.6. The average molecular weight is 545 g/mol. The van der Waals surface area contributed by atoms with Crippen molar-refractivity contribution in [2.75, 3.05) is 13.2 Å².